The Labute approximate surface area is 126 Å². The fraction of sp³-hybridized carbons (Fsp3) is 0.316. The number of nitrogens with zero attached hydrogens (tertiary/aromatic N) is 2. The van der Waals surface area contributed by atoms with Gasteiger partial charge in [-0.05, 0) is 49.7 Å². The summed E-state index contributed by atoms with van der Waals surface area (Å²) in [5.41, 5.74) is 2.27. The topological polar surface area (TPSA) is 16.1 Å². The van der Waals surface area contributed by atoms with Gasteiger partial charge in [0.1, 0.15) is 0 Å². The molecule has 1 unspecified atom stereocenters. The highest BCUT2D eigenvalue weighted by atomic mass is 15.2. The summed E-state index contributed by atoms with van der Waals surface area (Å²) in [6.45, 7) is 2.26. The van der Waals surface area contributed by atoms with Gasteiger partial charge in [0.05, 0.1) is 6.04 Å². The van der Waals surface area contributed by atoms with E-state index in [1.54, 1.807) is 0 Å². The summed E-state index contributed by atoms with van der Waals surface area (Å²) in [6.07, 6.45) is 7.64. The number of hydrogen-bond donors (Lipinski definition) is 0. The lowest BCUT2D eigenvalue weighted by molar-refractivity contribution is 0.197. The lowest BCUT2D eigenvalue weighted by Gasteiger charge is -2.31. The van der Waals surface area contributed by atoms with Crippen molar-refractivity contribution in [2.24, 2.45) is 0 Å². The highest BCUT2D eigenvalue weighted by Crippen LogP contribution is 2.23. The van der Waals surface area contributed by atoms with E-state index in [0.29, 0.717) is 0 Å². The van der Waals surface area contributed by atoms with Crippen molar-refractivity contribution < 1.29 is 0 Å². The summed E-state index contributed by atoms with van der Waals surface area (Å²) in [4.78, 5) is 6.74. The molecule has 0 bridgehead atoms. The molecule has 2 heterocycles. The smallest absolute Gasteiger partial charge is 0.0989 e. The summed E-state index contributed by atoms with van der Waals surface area (Å²) in [5, 5.41) is 0. The Morgan fingerprint density at radius 1 is 0.952 bits per heavy atom. The van der Waals surface area contributed by atoms with E-state index in [2.05, 4.69) is 39.9 Å². The number of aromatic nitrogens is 1. The van der Waals surface area contributed by atoms with Crippen molar-refractivity contribution in [1.82, 2.24) is 9.88 Å². The van der Waals surface area contributed by atoms with Crippen LogP contribution in [0.25, 0.3) is 0 Å². The maximum Gasteiger partial charge on any atom is 0.0989 e. The first kappa shape index (κ1) is 13.9. The Kier molecular flexibility index (Phi) is 4.66. The Hall–Kier alpha value is -2.11. The summed E-state index contributed by atoms with van der Waals surface area (Å²) in [7, 11) is 0. The van der Waals surface area contributed by atoms with Gasteiger partial charge >= 0.3 is 0 Å². The van der Waals surface area contributed by atoms with E-state index in [0.717, 1.165) is 18.7 Å². The summed E-state index contributed by atoms with van der Waals surface area (Å²) in [5.74, 6) is 6.78. The minimum absolute atomic E-state index is 0.152. The van der Waals surface area contributed by atoms with Crippen molar-refractivity contribution >= 4 is 0 Å². The van der Waals surface area contributed by atoms with Gasteiger partial charge in [-0.1, -0.05) is 42.5 Å². The van der Waals surface area contributed by atoms with E-state index >= 15 is 0 Å². The standard InChI is InChI=1S/C19H20N2/c1-3-8-17(9-4-1)11-12-19(18-10-7-13-20-16-18)21-14-5-2-6-15-21/h1,3-4,7-10,13,16,19H,2,5-6,14-15H2. The molecule has 21 heavy (non-hydrogen) atoms. The Morgan fingerprint density at radius 3 is 2.48 bits per heavy atom. The van der Waals surface area contributed by atoms with Crippen molar-refractivity contribution in [1.29, 1.82) is 0 Å². The normalized spacial score (nSPS) is 16.8. The first-order valence-corrected chi connectivity index (χ1v) is 7.64. The molecule has 0 saturated carbocycles. The van der Waals surface area contributed by atoms with E-state index in [1.807, 2.05) is 36.7 Å². The molecule has 106 valence electrons. The minimum Gasteiger partial charge on any atom is -0.286 e. The van der Waals surface area contributed by atoms with Gasteiger partial charge in [-0.3, -0.25) is 9.88 Å². The van der Waals surface area contributed by atoms with Gasteiger partial charge in [-0.15, -0.1) is 0 Å². The van der Waals surface area contributed by atoms with Crippen molar-refractivity contribution in [2.75, 3.05) is 13.1 Å². The number of pyridine rings is 1. The Balaban J connectivity index is 1.87. The molecule has 0 spiro atoms. The van der Waals surface area contributed by atoms with Crippen molar-refractivity contribution in [3.8, 4) is 11.8 Å². The van der Waals surface area contributed by atoms with Crippen LogP contribution < -0.4 is 0 Å². The van der Waals surface area contributed by atoms with Crippen LogP contribution in [0.3, 0.4) is 0 Å². The van der Waals surface area contributed by atoms with E-state index in [-0.39, 0.29) is 6.04 Å². The van der Waals surface area contributed by atoms with Crippen molar-refractivity contribution in [3.63, 3.8) is 0 Å². The van der Waals surface area contributed by atoms with Crippen LogP contribution >= 0.6 is 0 Å². The van der Waals surface area contributed by atoms with E-state index in [1.165, 1.54) is 24.8 Å². The second-order valence-corrected chi connectivity index (χ2v) is 5.42. The second-order valence-electron chi connectivity index (χ2n) is 5.42. The predicted octanol–water partition coefficient (Wildman–Crippen LogP) is 3.66. The van der Waals surface area contributed by atoms with Gasteiger partial charge in [0.2, 0.25) is 0 Å². The highest BCUT2D eigenvalue weighted by Gasteiger charge is 2.20. The molecule has 1 aromatic heterocycles. The molecule has 1 aliphatic heterocycles. The molecule has 1 aromatic carbocycles. The van der Waals surface area contributed by atoms with Gasteiger partial charge in [-0.2, -0.15) is 0 Å². The van der Waals surface area contributed by atoms with Crippen LogP contribution in [0.5, 0.6) is 0 Å². The fourth-order valence-electron chi connectivity index (χ4n) is 2.77. The summed E-state index contributed by atoms with van der Waals surface area (Å²) < 4.78 is 0. The predicted molar refractivity (Wildman–Crippen MR) is 85.7 cm³/mol. The maximum atomic E-state index is 4.26. The van der Waals surface area contributed by atoms with E-state index in [4.69, 9.17) is 0 Å². The lowest BCUT2D eigenvalue weighted by Crippen LogP contribution is -2.33. The molecule has 2 aromatic rings. The molecule has 1 fully saturated rings. The lowest BCUT2D eigenvalue weighted by atomic mass is 10.0. The Bertz CT molecular complexity index is 604. The number of likely N-dealkylation sites (tertiary alicyclic amines) is 1. The Morgan fingerprint density at radius 2 is 1.76 bits per heavy atom. The number of benzene rings is 1. The van der Waals surface area contributed by atoms with Crippen LogP contribution in [0, 0.1) is 11.8 Å². The quantitative estimate of drug-likeness (QED) is 0.778. The summed E-state index contributed by atoms with van der Waals surface area (Å²) >= 11 is 0. The molecular weight excluding hydrogens is 256 g/mol. The second kappa shape index (κ2) is 7.06. The van der Waals surface area contributed by atoms with Crippen LogP contribution in [-0.4, -0.2) is 23.0 Å². The van der Waals surface area contributed by atoms with Gasteiger partial charge in [0.15, 0.2) is 0 Å². The first-order valence-electron chi connectivity index (χ1n) is 7.64. The molecule has 2 heteroatoms. The number of hydrogen-bond acceptors (Lipinski definition) is 2. The molecule has 1 saturated heterocycles. The zero-order chi connectivity index (χ0) is 14.3. The van der Waals surface area contributed by atoms with Crippen LogP contribution in [0.4, 0.5) is 0 Å². The molecule has 0 aliphatic carbocycles. The average Bonchev–Trinajstić information content (AvgIpc) is 2.58. The third-order valence-electron chi connectivity index (χ3n) is 3.88. The monoisotopic (exact) mass is 276 g/mol. The highest BCUT2D eigenvalue weighted by molar-refractivity contribution is 5.37. The summed E-state index contributed by atoms with van der Waals surface area (Å²) in [6, 6.07) is 14.5. The van der Waals surface area contributed by atoms with Crippen LogP contribution in [0.15, 0.2) is 54.9 Å². The SMILES string of the molecule is C(#CC(c1cccnc1)N1CCCCC1)c1ccccc1. The third kappa shape index (κ3) is 3.71. The van der Waals surface area contributed by atoms with Crippen LogP contribution in [0.2, 0.25) is 0 Å². The molecule has 3 rings (SSSR count). The average molecular weight is 276 g/mol. The van der Waals surface area contributed by atoms with Crippen molar-refractivity contribution in [2.45, 2.75) is 25.3 Å². The van der Waals surface area contributed by atoms with Gasteiger partial charge < -0.3 is 0 Å². The maximum absolute atomic E-state index is 4.26. The number of piperidine rings is 1. The zero-order valence-corrected chi connectivity index (χ0v) is 12.2. The van der Waals surface area contributed by atoms with Crippen molar-refractivity contribution in [3.05, 3.63) is 66.0 Å². The molecule has 0 radical (unpaired) electrons. The molecule has 0 amide bonds. The zero-order valence-electron chi connectivity index (χ0n) is 12.2. The minimum atomic E-state index is 0.152. The van der Waals surface area contributed by atoms with Gasteiger partial charge in [-0.25, -0.2) is 0 Å². The largest absolute Gasteiger partial charge is 0.286 e. The van der Waals surface area contributed by atoms with Gasteiger partial charge in [0, 0.05) is 18.0 Å². The van der Waals surface area contributed by atoms with Crippen LogP contribution in [-0.2, 0) is 0 Å². The first-order chi connectivity index (χ1) is 10.4. The third-order valence-corrected chi connectivity index (χ3v) is 3.88. The molecule has 1 atom stereocenters. The van der Waals surface area contributed by atoms with E-state index < -0.39 is 0 Å². The fourth-order valence-corrected chi connectivity index (χ4v) is 2.77. The molecular formula is C19H20N2. The molecule has 1 aliphatic rings. The van der Waals surface area contributed by atoms with E-state index in [9.17, 15) is 0 Å². The molecule has 0 N–H and O–H groups in total. The molecule has 2 nitrogen and oxygen atoms in total. The number of rotatable bonds is 2. The van der Waals surface area contributed by atoms with Gasteiger partial charge in [0.25, 0.3) is 0 Å². The van der Waals surface area contributed by atoms with Crippen LogP contribution in [0.1, 0.15) is 36.4 Å².